The van der Waals surface area contributed by atoms with Crippen LogP contribution in [0.5, 0.6) is 0 Å². The van der Waals surface area contributed by atoms with Gasteiger partial charge in [0.2, 0.25) is 0 Å². The molecule has 23 heavy (non-hydrogen) atoms. The van der Waals surface area contributed by atoms with Gasteiger partial charge >= 0.3 is 0 Å². The maximum absolute atomic E-state index is 6.07. The van der Waals surface area contributed by atoms with E-state index in [0.717, 1.165) is 35.7 Å². The number of benzene rings is 1. The Morgan fingerprint density at radius 2 is 2.26 bits per heavy atom. The summed E-state index contributed by atoms with van der Waals surface area (Å²) in [7, 11) is 0. The fourth-order valence-electron chi connectivity index (χ4n) is 3.33. The molecule has 1 fully saturated rings. The van der Waals surface area contributed by atoms with Crippen molar-refractivity contribution in [2.75, 3.05) is 18.8 Å². The Bertz CT molecular complexity index is 846. The summed E-state index contributed by atoms with van der Waals surface area (Å²) in [5.74, 6) is 0.935. The maximum atomic E-state index is 6.07. The number of anilines is 1. The van der Waals surface area contributed by atoms with Crippen molar-refractivity contribution in [3.05, 3.63) is 47.9 Å². The normalized spacial score (nSPS) is 18.4. The summed E-state index contributed by atoms with van der Waals surface area (Å²) in [5, 5.41) is 3.45. The molecule has 3 heterocycles. The van der Waals surface area contributed by atoms with Gasteiger partial charge in [-0.15, -0.1) is 0 Å². The molecule has 5 nitrogen and oxygen atoms in total. The molecule has 0 bridgehead atoms. The SMILES string of the molecule is Cc1cccc(-c2cnc(N)c3nc(C4CCCNC4)cn23)c1. The largest absolute Gasteiger partial charge is 0.381 e. The molecule has 4 rings (SSSR count). The van der Waals surface area contributed by atoms with Crippen LogP contribution < -0.4 is 11.1 Å². The van der Waals surface area contributed by atoms with Crippen LogP contribution in [-0.2, 0) is 0 Å². The summed E-state index contributed by atoms with van der Waals surface area (Å²) in [4.78, 5) is 9.13. The minimum atomic E-state index is 0.452. The first kappa shape index (κ1) is 14.2. The molecule has 1 atom stereocenters. The average molecular weight is 307 g/mol. The van der Waals surface area contributed by atoms with Gasteiger partial charge in [0.25, 0.3) is 0 Å². The van der Waals surface area contributed by atoms with Gasteiger partial charge in [-0.2, -0.15) is 0 Å². The average Bonchev–Trinajstić information content (AvgIpc) is 3.02. The zero-order valence-electron chi connectivity index (χ0n) is 13.3. The third kappa shape index (κ3) is 2.57. The van der Waals surface area contributed by atoms with E-state index < -0.39 is 0 Å². The molecule has 1 unspecified atom stereocenters. The highest BCUT2D eigenvalue weighted by atomic mass is 15.1. The Morgan fingerprint density at radius 1 is 1.35 bits per heavy atom. The molecule has 0 saturated carbocycles. The molecule has 1 aromatic carbocycles. The lowest BCUT2D eigenvalue weighted by Crippen LogP contribution is -2.28. The van der Waals surface area contributed by atoms with Crippen molar-refractivity contribution in [1.29, 1.82) is 0 Å². The lowest BCUT2D eigenvalue weighted by molar-refractivity contribution is 0.456. The van der Waals surface area contributed by atoms with Crippen LogP contribution >= 0.6 is 0 Å². The number of nitrogen functional groups attached to an aromatic ring is 1. The molecule has 1 aliphatic heterocycles. The van der Waals surface area contributed by atoms with Gasteiger partial charge in [0.15, 0.2) is 11.5 Å². The smallest absolute Gasteiger partial charge is 0.180 e. The predicted octanol–water partition coefficient (Wildman–Crippen LogP) is 2.75. The number of piperidine rings is 1. The summed E-state index contributed by atoms with van der Waals surface area (Å²) in [6, 6.07) is 8.42. The van der Waals surface area contributed by atoms with E-state index in [1.165, 1.54) is 18.4 Å². The molecule has 0 spiro atoms. The first-order valence-electron chi connectivity index (χ1n) is 8.13. The van der Waals surface area contributed by atoms with Crippen molar-refractivity contribution >= 4 is 11.5 Å². The first-order chi connectivity index (χ1) is 11.2. The van der Waals surface area contributed by atoms with Crippen LogP contribution in [0.3, 0.4) is 0 Å². The third-order valence-corrected chi connectivity index (χ3v) is 4.57. The van der Waals surface area contributed by atoms with Crippen molar-refractivity contribution in [3.63, 3.8) is 0 Å². The van der Waals surface area contributed by atoms with E-state index in [0.29, 0.717) is 11.7 Å². The predicted molar refractivity (Wildman–Crippen MR) is 92.4 cm³/mol. The van der Waals surface area contributed by atoms with Gasteiger partial charge in [0, 0.05) is 24.2 Å². The maximum Gasteiger partial charge on any atom is 0.180 e. The van der Waals surface area contributed by atoms with E-state index >= 15 is 0 Å². The number of aromatic nitrogens is 3. The highest BCUT2D eigenvalue weighted by molar-refractivity contribution is 5.69. The number of imidazole rings is 1. The molecule has 118 valence electrons. The Hall–Kier alpha value is -2.40. The molecule has 0 amide bonds. The number of hydrogen-bond donors (Lipinski definition) is 2. The van der Waals surface area contributed by atoms with Crippen LogP contribution in [0.25, 0.3) is 16.9 Å². The minimum Gasteiger partial charge on any atom is -0.381 e. The number of aryl methyl sites for hydroxylation is 1. The summed E-state index contributed by atoms with van der Waals surface area (Å²) in [6.07, 6.45) is 6.32. The summed E-state index contributed by atoms with van der Waals surface area (Å²) >= 11 is 0. The lowest BCUT2D eigenvalue weighted by atomic mass is 9.97. The molecule has 1 aliphatic rings. The second kappa shape index (κ2) is 5.66. The highest BCUT2D eigenvalue weighted by Crippen LogP contribution is 2.28. The highest BCUT2D eigenvalue weighted by Gasteiger charge is 2.20. The second-order valence-electron chi connectivity index (χ2n) is 6.30. The molecule has 3 N–H and O–H groups in total. The standard InChI is InChI=1S/C18H21N5/c1-12-4-2-5-13(8-12)16-10-21-17(19)18-22-15(11-23(16)18)14-6-3-7-20-9-14/h2,4-5,8,10-11,14,20H,3,6-7,9H2,1H3,(H2,19,21). The van der Waals surface area contributed by atoms with E-state index in [9.17, 15) is 0 Å². The van der Waals surface area contributed by atoms with Crippen molar-refractivity contribution < 1.29 is 0 Å². The fraction of sp³-hybridized carbons (Fsp3) is 0.333. The van der Waals surface area contributed by atoms with Crippen molar-refractivity contribution in [2.45, 2.75) is 25.7 Å². The molecule has 0 radical (unpaired) electrons. The van der Waals surface area contributed by atoms with Gasteiger partial charge in [-0.05, 0) is 32.4 Å². The number of rotatable bonds is 2. The molecule has 3 aromatic rings. The topological polar surface area (TPSA) is 68.2 Å². The summed E-state index contributed by atoms with van der Waals surface area (Å²) < 4.78 is 2.08. The van der Waals surface area contributed by atoms with Gasteiger partial charge in [-0.25, -0.2) is 9.97 Å². The van der Waals surface area contributed by atoms with E-state index in [2.05, 4.69) is 52.1 Å². The van der Waals surface area contributed by atoms with E-state index in [1.54, 1.807) is 0 Å². The van der Waals surface area contributed by atoms with Crippen LogP contribution in [0.15, 0.2) is 36.7 Å². The molecular formula is C18H21N5. The van der Waals surface area contributed by atoms with Crippen LogP contribution in [-0.4, -0.2) is 27.5 Å². The van der Waals surface area contributed by atoms with Gasteiger partial charge in [-0.3, -0.25) is 4.40 Å². The van der Waals surface area contributed by atoms with Crippen LogP contribution in [0.1, 0.15) is 30.0 Å². The summed E-state index contributed by atoms with van der Waals surface area (Å²) in [5.41, 5.74) is 11.3. The number of nitrogens with two attached hydrogens (primary N) is 1. The van der Waals surface area contributed by atoms with Crippen molar-refractivity contribution in [3.8, 4) is 11.3 Å². The number of nitrogens with one attached hydrogen (secondary N) is 1. The minimum absolute atomic E-state index is 0.452. The number of hydrogen-bond acceptors (Lipinski definition) is 4. The van der Waals surface area contributed by atoms with E-state index in [-0.39, 0.29) is 0 Å². The fourth-order valence-corrected chi connectivity index (χ4v) is 3.33. The lowest BCUT2D eigenvalue weighted by Gasteiger charge is -2.20. The zero-order chi connectivity index (χ0) is 15.8. The molecule has 1 saturated heterocycles. The van der Waals surface area contributed by atoms with Gasteiger partial charge in [0.05, 0.1) is 17.6 Å². The van der Waals surface area contributed by atoms with Gasteiger partial charge in [0.1, 0.15) is 0 Å². The third-order valence-electron chi connectivity index (χ3n) is 4.57. The first-order valence-corrected chi connectivity index (χ1v) is 8.13. The van der Waals surface area contributed by atoms with Gasteiger partial charge in [-0.1, -0.05) is 23.8 Å². The second-order valence-corrected chi connectivity index (χ2v) is 6.30. The monoisotopic (exact) mass is 307 g/mol. The molecule has 0 aliphatic carbocycles. The van der Waals surface area contributed by atoms with Gasteiger partial charge < -0.3 is 11.1 Å². The summed E-state index contributed by atoms with van der Waals surface area (Å²) in [6.45, 7) is 4.18. The molecule has 5 heteroatoms. The Kier molecular flexibility index (Phi) is 3.50. The van der Waals surface area contributed by atoms with Crippen molar-refractivity contribution in [1.82, 2.24) is 19.7 Å². The number of nitrogens with zero attached hydrogens (tertiary/aromatic N) is 3. The molecular weight excluding hydrogens is 286 g/mol. The van der Waals surface area contributed by atoms with Crippen LogP contribution in [0.2, 0.25) is 0 Å². The van der Waals surface area contributed by atoms with Crippen molar-refractivity contribution in [2.24, 2.45) is 0 Å². The zero-order valence-corrected chi connectivity index (χ0v) is 13.3. The van der Waals surface area contributed by atoms with E-state index in [1.807, 2.05) is 6.20 Å². The molecule has 2 aromatic heterocycles. The Balaban J connectivity index is 1.85. The van der Waals surface area contributed by atoms with Crippen LogP contribution in [0, 0.1) is 6.92 Å². The Morgan fingerprint density at radius 3 is 3.04 bits per heavy atom. The van der Waals surface area contributed by atoms with E-state index in [4.69, 9.17) is 10.7 Å². The Labute approximate surface area is 135 Å². The quantitative estimate of drug-likeness (QED) is 0.764. The van der Waals surface area contributed by atoms with Crippen LogP contribution in [0.4, 0.5) is 5.82 Å². The number of fused-ring (bicyclic) bond motifs is 1.